The molecule has 0 N–H and O–H groups in total. The van der Waals surface area contributed by atoms with E-state index in [2.05, 4.69) is 6.58 Å². The molecule has 0 rings (SSSR count). The van der Waals surface area contributed by atoms with E-state index in [1.807, 2.05) is 6.92 Å². The van der Waals surface area contributed by atoms with Crippen LogP contribution in [-0.4, -0.2) is 19.0 Å². The van der Waals surface area contributed by atoms with E-state index in [1.54, 1.807) is 6.08 Å². The first-order chi connectivity index (χ1) is 4.31. The number of rotatable bonds is 5. The van der Waals surface area contributed by atoms with Crippen molar-refractivity contribution in [3.63, 3.8) is 0 Å². The van der Waals surface area contributed by atoms with Gasteiger partial charge in [0.05, 0.1) is 12.7 Å². The van der Waals surface area contributed by atoms with Gasteiger partial charge in [0, 0.05) is 6.42 Å². The molecular weight excluding hydrogens is 116 g/mol. The summed E-state index contributed by atoms with van der Waals surface area (Å²) in [5, 5.41) is 0. The van der Waals surface area contributed by atoms with Gasteiger partial charge in [-0.1, -0.05) is 6.08 Å². The average Bonchev–Trinajstić information content (AvgIpc) is 1.89. The van der Waals surface area contributed by atoms with E-state index in [9.17, 15) is 4.79 Å². The molecule has 0 aromatic rings. The second kappa shape index (κ2) is 5.51. The fourth-order valence-electron chi connectivity index (χ4n) is 0.370. The largest absolute Gasteiger partial charge is 0.374 e. The first kappa shape index (κ1) is 8.37. The standard InChI is InChI=1S/C7H12O2/c1-3-7(2)9-6-4-5-8/h3,5,7H,1,4,6H2,2H3. The second-order valence-corrected chi connectivity index (χ2v) is 1.77. The number of carbonyl (C=O) groups is 1. The summed E-state index contributed by atoms with van der Waals surface area (Å²) in [5.74, 6) is 0. The van der Waals surface area contributed by atoms with Gasteiger partial charge in [0.1, 0.15) is 6.29 Å². The number of ether oxygens (including phenoxy) is 1. The molecule has 0 bridgehead atoms. The highest BCUT2D eigenvalue weighted by Gasteiger charge is 1.92. The van der Waals surface area contributed by atoms with E-state index in [0.717, 1.165) is 6.29 Å². The van der Waals surface area contributed by atoms with Gasteiger partial charge in [0.2, 0.25) is 0 Å². The third-order valence-corrected chi connectivity index (χ3v) is 0.948. The Balaban J connectivity index is 3.05. The van der Waals surface area contributed by atoms with Crippen LogP contribution in [0.15, 0.2) is 12.7 Å². The highest BCUT2D eigenvalue weighted by atomic mass is 16.5. The molecule has 0 aliphatic rings. The topological polar surface area (TPSA) is 26.3 Å². The molecule has 0 aliphatic heterocycles. The Bertz CT molecular complexity index is 88.9. The van der Waals surface area contributed by atoms with Gasteiger partial charge in [-0.05, 0) is 6.92 Å². The fourth-order valence-corrected chi connectivity index (χ4v) is 0.370. The van der Waals surface area contributed by atoms with E-state index < -0.39 is 0 Å². The lowest BCUT2D eigenvalue weighted by molar-refractivity contribution is -0.108. The van der Waals surface area contributed by atoms with Gasteiger partial charge < -0.3 is 9.53 Å². The Morgan fingerprint density at radius 2 is 2.44 bits per heavy atom. The van der Waals surface area contributed by atoms with Crippen LogP contribution in [0.1, 0.15) is 13.3 Å². The van der Waals surface area contributed by atoms with Crippen LogP contribution < -0.4 is 0 Å². The summed E-state index contributed by atoms with van der Waals surface area (Å²) in [4.78, 5) is 9.77. The highest BCUT2D eigenvalue weighted by molar-refractivity contribution is 5.49. The lowest BCUT2D eigenvalue weighted by atomic mass is 10.4. The minimum Gasteiger partial charge on any atom is -0.374 e. The van der Waals surface area contributed by atoms with Crippen LogP contribution in [0, 0.1) is 0 Å². The van der Waals surface area contributed by atoms with Crippen molar-refractivity contribution in [1.29, 1.82) is 0 Å². The lowest BCUT2D eigenvalue weighted by Gasteiger charge is -2.04. The SMILES string of the molecule is C=CC(C)OCCC=O. The van der Waals surface area contributed by atoms with Gasteiger partial charge in [-0.15, -0.1) is 6.58 Å². The Hall–Kier alpha value is -0.630. The molecule has 0 saturated heterocycles. The zero-order chi connectivity index (χ0) is 7.11. The Labute approximate surface area is 55.5 Å². The van der Waals surface area contributed by atoms with E-state index in [0.29, 0.717) is 13.0 Å². The number of hydrogen-bond acceptors (Lipinski definition) is 2. The van der Waals surface area contributed by atoms with Gasteiger partial charge >= 0.3 is 0 Å². The van der Waals surface area contributed by atoms with Crippen LogP contribution >= 0.6 is 0 Å². The molecule has 0 aromatic heterocycles. The zero-order valence-electron chi connectivity index (χ0n) is 5.67. The molecule has 0 amide bonds. The molecule has 0 radical (unpaired) electrons. The lowest BCUT2D eigenvalue weighted by Crippen LogP contribution is -2.05. The normalized spacial score (nSPS) is 12.6. The average molecular weight is 128 g/mol. The van der Waals surface area contributed by atoms with Gasteiger partial charge in [-0.2, -0.15) is 0 Å². The van der Waals surface area contributed by atoms with E-state index in [1.165, 1.54) is 0 Å². The summed E-state index contributed by atoms with van der Waals surface area (Å²) < 4.78 is 5.08. The minimum absolute atomic E-state index is 0.0601. The number of carbonyl (C=O) groups excluding carboxylic acids is 1. The first-order valence-corrected chi connectivity index (χ1v) is 2.99. The van der Waals surface area contributed by atoms with Crippen LogP contribution in [0.2, 0.25) is 0 Å². The summed E-state index contributed by atoms with van der Waals surface area (Å²) in [5.41, 5.74) is 0. The van der Waals surface area contributed by atoms with Crippen LogP contribution in [-0.2, 0) is 9.53 Å². The number of hydrogen-bond donors (Lipinski definition) is 0. The van der Waals surface area contributed by atoms with Crippen molar-refractivity contribution in [2.45, 2.75) is 19.4 Å². The molecule has 0 saturated carbocycles. The highest BCUT2D eigenvalue weighted by Crippen LogP contribution is 1.90. The Morgan fingerprint density at radius 1 is 1.78 bits per heavy atom. The first-order valence-electron chi connectivity index (χ1n) is 2.99. The van der Waals surface area contributed by atoms with E-state index in [4.69, 9.17) is 4.74 Å². The summed E-state index contributed by atoms with van der Waals surface area (Å²) >= 11 is 0. The predicted octanol–water partition coefficient (Wildman–Crippen LogP) is 1.17. The maximum Gasteiger partial charge on any atom is 0.122 e. The molecule has 0 fully saturated rings. The monoisotopic (exact) mass is 128 g/mol. The maximum absolute atomic E-state index is 9.77. The molecule has 2 heteroatoms. The summed E-state index contributed by atoms with van der Waals surface area (Å²) in [6.45, 7) is 5.91. The van der Waals surface area contributed by atoms with Crippen molar-refractivity contribution < 1.29 is 9.53 Å². The second-order valence-electron chi connectivity index (χ2n) is 1.77. The fraction of sp³-hybridized carbons (Fsp3) is 0.571. The molecule has 0 aromatic carbocycles. The summed E-state index contributed by atoms with van der Waals surface area (Å²) in [6, 6.07) is 0. The van der Waals surface area contributed by atoms with E-state index in [-0.39, 0.29) is 6.10 Å². The van der Waals surface area contributed by atoms with Crippen molar-refractivity contribution in [2.24, 2.45) is 0 Å². The molecule has 0 spiro atoms. The smallest absolute Gasteiger partial charge is 0.122 e. The third kappa shape index (κ3) is 5.24. The predicted molar refractivity (Wildman–Crippen MR) is 36.3 cm³/mol. The molecule has 0 aliphatic carbocycles. The van der Waals surface area contributed by atoms with Crippen LogP contribution in [0.25, 0.3) is 0 Å². The van der Waals surface area contributed by atoms with E-state index >= 15 is 0 Å². The van der Waals surface area contributed by atoms with Gasteiger partial charge in [-0.3, -0.25) is 0 Å². The van der Waals surface area contributed by atoms with Crippen molar-refractivity contribution in [2.75, 3.05) is 6.61 Å². The Morgan fingerprint density at radius 3 is 2.89 bits per heavy atom. The maximum atomic E-state index is 9.77. The van der Waals surface area contributed by atoms with Gasteiger partial charge in [0.25, 0.3) is 0 Å². The molecule has 1 unspecified atom stereocenters. The van der Waals surface area contributed by atoms with Gasteiger partial charge in [-0.25, -0.2) is 0 Å². The molecule has 2 nitrogen and oxygen atoms in total. The quantitative estimate of drug-likeness (QED) is 0.315. The molecule has 0 heterocycles. The summed E-state index contributed by atoms with van der Waals surface area (Å²) in [6.07, 6.45) is 3.07. The number of aldehydes is 1. The van der Waals surface area contributed by atoms with Crippen molar-refractivity contribution in [1.82, 2.24) is 0 Å². The van der Waals surface area contributed by atoms with Crippen molar-refractivity contribution >= 4 is 6.29 Å². The minimum atomic E-state index is 0.0601. The van der Waals surface area contributed by atoms with Crippen molar-refractivity contribution in [3.8, 4) is 0 Å². The van der Waals surface area contributed by atoms with Crippen LogP contribution in [0.4, 0.5) is 0 Å². The molecule has 9 heavy (non-hydrogen) atoms. The third-order valence-electron chi connectivity index (χ3n) is 0.948. The molecular formula is C7H12O2. The van der Waals surface area contributed by atoms with Crippen molar-refractivity contribution in [3.05, 3.63) is 12.7 Å². The van der Waals surface area contributed by atoms with Gasteiger partial charge in [0.15, 0.2) is 0 Å². The molecule has 52 valence electrons. The zero-order valence-corrected chi connectivity index (χ0v) is 5.67. The Kier molecular flexibility index (Phi) is 5.12. The van der Waals surface area contributed by atoms with Crippen LogP contribution in [0.5, 0.6) is 0 Å². The molecule has 1 atom stereocenters. The van der Waals surface area contributed by atoms with Crippen LogP contribution in [0.3, 0.4) is 0 Å². The summed E-state index contributed by atoms with van der Waals surface area (Å²) in [7, 11) is 0.